The van der Waals surface area contributed by atoms with Gasteiger partial charge < -0.3 is 10.1 Å². The molecule has 168 valence electrons. The van der Waals surface area contributed by atoms with Gasteiger partial charge in [-0.25, -0.2) is 8.42 Å². The number of rotatable bonds is 8. The van der Waals surface area contributed by atoms with E-state index in [4.69, 9.17) is 16.3 Å². The molecule has 32 heavy (non-hydrogen) atoms. The van der Waals surface area contributed by atoms with Crippen molar-refractivity contribution >= 4 is 33.2 Å². The van der Waals surface area contributed by atoms with Gasteiger partial charge in [0.2, 0.25) is 10.0 Å². The average Bonchev–Trinajstić information content (AvgIpc) is 2.77. The molecule has 3 aromatic rings. The van der Waals surface area contributed by atoms with Crippen LogP contribution in [0.1, 0.15) is 34.5 Å². The number of amides is 1. The molecule has 1 N–H and O–H groups in total. The van der Waals surface area contributed by atoms with Crippen LogP contribution in [0.25, 0.3) is 0 Å². The van der Waals surface area contributed by atoms with Gasteiger partial charge in [0.1, 0.15) is 5.75 Å². The molecule has 0 saturated carbocycles. The molecule has 3 rings (SSSR count). The zero-order valence-electron chi connectivity index (χ0n) is 18.1. The van der Waals surface area contributed by atoms with Gasteiger partial charge in [0, 0.05) is 10.6 Å². The summed E-state index contributed by atoms with van der Waals surface area (Å²) in [5, 5.41) is 3.42. The number of hydrogen-bond acceptors (Lipinski definition) is 4. The monoisotopic (exact) mass is 472 g/mol. The molecular weight excluding hydrogens is 448 g/mol. The first-order valence-corrected chi connectivity index (χ1v) is 12.2. The van der Waals surface area contributed by atoms with Crippen LogP contribution < -0.4 is 14.4 Å². The van der Waals surface area contributed by atoms with Crippen LogP contribution in [-0.2, 0) is 16.6 Å². The summed E-state index contributed by atoms with van der Waals surface area (Å²) in [6, 6.07) is 20.9. The summed E-state index contributed by atoms with van der Waals surface area (Å²) < 4.78 is 31.1. The topological polar surface area (TPSA) is 75.7 Å². The molecule has 0 saturated heterocycles. The first kappa shape index (κ1) is 23.6. The second kappa shape index (κ2) is 10.1. The van der Waals surface area contributed by atoms with Crippen LogP contribution in [0.4, 0.5) is 5.69 Å². The number of nitrogens with one attached hydrogen (secondary N) is 1. The van der Waals surface area contributed by atoms with E-state index in [1.165, 1.54) is 4.31 Å². The van der Waals surface area contributed by atoms with E-state index in [1.807, 2.05) is 31.2 Å². The number of carbonyl (C=O) groups is 1. The Balaban J connectivity index is 1.71. The highest BCUT2D eigenvalue weighted by Gasteiger charge is 2.19. The highest BCUT2D eigenvalue weighted by Crippen LogP contribution is 2.24. The Morgan fingerprint density at radius 3 is 2.28 bits per heavy atom. The van der Waals surface area contributed by atoms with E-state index in [1.54, 1.807) is 55.6 Å². The number of anilines is 1. The molecule has 0 spiro atoms. The third kappa shape index (κ3) is 6.02. The van der Waals surface area contributed by atoms with Crippen molar-refractivity contribution in [2.75, 3.05) is 17.7 Å². The van der Waals surface area contributed by atoms with Crippen molar-refractivity contribution in [3.8, 4) is 5.75 Å². The number of methoxy groups -OCH3 is 1. The molecule has 6 nitrogen and oxygen atoms in total. The smallest absolute Gasteiger partial charge is 0.251 e. The third-order valence-corrected chi connectivity index (χ3v) is 6.38. The van der Waals surface area contributed by atoms with Crippen molar-refractivity contribution < 1.29 is 17.9 Å². The minimum absolute atomic E-state index is 0.128. The molecule has 0 aliphatic carbocycles. The predicted molar refractivity (Wildman–Crippen MR) is 128 cm³/mol. The van der Waals surface area contributed by atoms with Crippen molar-refractivity contribution in [3.05, 3.63) is 94.5 Å². The quantitative estimate of drug-likeness (QED) is 0.510. The lowest BCUT2D eigenvalue weighted by atomic mass is 10.1. The Kier molecular flexibility index (Phi) is 7.43. The Morgan fingerprint density at radius 2 is 1.72 bits per heavy atom. The second-order valence-electron chi connectivity index (χ2n) is 7.41. The summed E-state index contributed by atoms with van der Waals surface area (Å²) >= 11 is 6.03. The fourth-order valence-corrected chi connectivity index (χ4v) is 4.28. The number of hydrogen-bond donors (Lipinski definition) is 1. The lowest BCUT2D eigenvalue weighted by Crippen LogP contribution is -2.29. The van der Waals surface area contributed by atoms with Gasteiger partial charge in [-0.05, 0) is 60.5 Å². The SMILES string of the molecule is COc1ccc([C@H](C)NC(=O)c2ccc(CN(c3cccc(Cl)c3)S(C)(=O)=O)cc2)cc1. The van der Waals surface area contributed by atoms with Crippen molar-refractivity contribution in [3.63, 3.8) is 0 Å². The molecule has 8 heteroatoms. The summed E-state index contributed by atoms with van der Waals surface area (Å²) in [7, 11) is -1.92. The van der Waals surface area contributed by atoms with Crippen LogP contribution in [0, 0.1) is 0 Å². The summed E-state index contributed by atoms with van der Waals surface area (Å²) in [5.74, 6) is 0.540. The molecule has 0 unspecified atom stereocenters. The van der Waals surface area contributed by atoms with Crippen molar-refractivity contribution in [1.29, 1.82) is 0 Å². The minimum Gasteiger partial charge on any atom is -0.497 e. The fourth-order valence-electron chi connectivity index (χ4n) is 3.21. The molecule has 3 aromatic carbocycles. The van der Waals surface area contributed by atoms with Gasteiger partial charge in [-0.15, -0.1) is 0 Å². The lowest BCUT2D eigenvalue weighted by molar-refractivity contribution is 0.0940. The average molecular weight is 473 g/mol. The molecule has 0 heterocycles. The third-order valence-electron chi connectivity index (χ3n) is 5.00. The Morgan fingerprint density at radius 1 is 1.06 bits per heavy atom. The molecule has 0 aliphatic heterocycles. The molecular formula is C24H25ClN2O4S. The predicted octanol–water partition coefficient (Wildman–Crippen LogP) is 4.81. The van der Waals surface area contributed by atoms with E-state index >= 15 is 0 Å². The molecule has 0 aliphatic rings. The van der Waals surface area contributed by atoms with Gasteiger partial charge in [-0.2, -0.15) is 0 Å². The molecule has 0 fully saturated rings. The van der Waals surface area contributed by atoms with Gasteiger partial charge in [0.15, 0.2) is 0 Å². The zero-order chi connectivity index (χ0) is 23.3. The summed E-state index contributed by atoms with van der Waals surface area (Å²) in [5.41, 5.74) is 2.68. The maximum Gasteiger partial charge on any atom is 0.251 e. The molecule has 0 aromatic heterocycles. The number of carbonyl (C=O) groups excluding carboxylic acids is 1. The molecule has 0 radical (unpaired) electrons. The highest BCUT2D eigenvalue weighted by molar-refractivity contribution is 7.92. The second-order valence-corrected chi connectivity index (χ2v) is 9.76. The van der Waals surface area contributed by atoms with E-state index in [9.17, 15) is 13.2 Å². The molecule has 1 amide bonds. The van der Waals surface area contributed by atoms with Crippen LogP contribution >= 0.6 is 11.6 Å². The standard InChI is InChI=1S/C24H25ClN2O4S/c1-17(19-11-13-23(31-2)14-12-19)26-24(28)20-9-7-18(8-10-20)16-27(32(3,29)30)22-6-4-5-21(25)15-22/h4-15,17H,16H2,1-3H3,(H,26,28)/t17-/m0/s1. The van der Waals surface area contributed by atoms with Crippen LogP contribution in [0.2, 0.25) is 5.02 Å². The normalized spacial score (nSPS) is 12.1. The zero-order valence-corrected chi connectivity index (χ0v) is 19.7. The van der Waals surface area contributed by atoms with E-state index in [0.717, 1.165) is 23.1 Å². The number of halogens is 1. The number of ether oxygens (including phenoxy) is 1. The van der Waals surface area contributed by atoms with Gasteiger partial charge in [0.25, 0.3) is 5.91 Å². The summed E-state index contributed by atoms with van der Waals surface area (Å²) in [4.78, 5) is 12.6. The summed E-state index contributed by atoms with van der Waals surface area (Å²) in [6.07, 6.45) is 1.15. The largest absolute Gasteiger partial charge is 0.497 e. The Hall–Kier alpha value is -3.03. The molecule has 1 atom stereocenters. The van der Waals surface area contributed by atoms with Gasteiger partial charge in [-0.3, -0.25) is 9.10 Å². The Bertz CT molecular complexity index is 1180. The summed E-state index contributed by atoms with van der Waals surface area (Å²) in [6.45, 7) is 2.03. The van der Waals surface area contributed by atoms with E-state index in [2.05, 4.69) is 5.32 Å². The first-order chi connectivity index (χ1) is 15.2. The Labute approximate surface area is 193 Å². The van der Waals surface area contributed by atoms with Gasteiger partial charge >= 0.3 is 0 Å². The van der Waals surface area contributed by atoms with E-state index in [-0.39, 0.29) is 18.5 Å². The number of sulfonamides is 1. The fraction of sp³-hybridized carbons (Fsp3) is 0.208. The van der Waals surface area contributed by atoms with Crippen LogP contribution in [0.15, 0.2) is 72.8 Å². The van der Waals surface area contributed by atoms with E-state index in [0.29, 0.717) is 16.3 Å². The maximum atomic E-state index is 12.6. The first-order valence-electron chi connectivity index (χ1n) is 9.94. The lowest BCUT2D eigenvalue weighted by Gasteiger charge is -2.23. The van der Waals surface area contributed by atoms with Gasteiger partial charge in [-0.1, -0.05) is 41.9 Å². The van der Waals surface area contributed by atoms with Gasteiger partial charge in [0.05, 0.1) is 31.6 Å². The van der Waals surface area contributed by atoms with Crippen molar-refractivity contribution in [1.82, 2.24) is 5.32 Å². The van der Waals surface area contributed by atoms with Crippen LogP contribution in [-0.4, -0.2) is 27.7 Å². The minimum atomic E-state index is -3.52. The van der Waals surface area contributed by atoms with Crippen molar-refractivity contribution in [2.24, 2.45) is 0 Å². The van der Waals surface area contributed by atoms with E-state index < -0.39 is 10.0 Å². The maximum absolute atomic E-state index is 12.6. The van der Waals surface area contributed by atoms with Crippen LogP contribution in [0.5, 0.6) is 5.75 Å². The van der Waals surface area contributed by atoms with Crippen LogP contribution in [0.3, 0.4) is 0 Å². The van der Waals surface area contributed by atoms with Crippen molar-refractivity contribution in [2.45, 2.75) is 19.5 Å². The number of benzene rings is 3. The molecule has 0 bridgehead atoms. The highest BCUT2D eigenvalue weighted by atomic mass is 35.5. The number of nitrogens with zero attached hydrogens (tertiary/aromatic N) is 1.